The summed E-state index contributed by atoms with van der Waals surface area (Å²) in [6.07, 6.45) is 6.57. The molecule has 1 amide bonds. The molecule has 0 unspecified atom stereocenters. The highest BCUT2D eigenvalue weighted by atomic mass is 79.9. The number of hydrogen-bond donors (Lipinski definition) is 1. The van der Waals surface area contributed by atoms with Crippen molar-refractivity contribution in [2.45, 2.75) is 12.8 Å². The summed E-state index contributed by atoms with van der Waals surface area (Å²) in [5.74, 6) is 2.41. The Balaban J connectivity index is 2.53. The van der Waals surface area contributed by atoms with Crippen LogP contribution < -0.4 is 5.32 Å². The van der Waals surface area contributed by atoms with Crippen molar-refractivity contribution in [3.8, 4) is 12.3 Å². The van der Waals surface area contributed by atoms with Gasteiger partial charge in [-0.05, 0) is 40.5 Å². The first-order valence-corrected chi connectivity index (χ1v) is 5.99. The Morgan fingerprint density at radius 3 is 2.94 bits per heavy atom. The second-order valence-corrected chi connectivity index (χ2v) is 4.45. The lowest BCUT2D eigenvalue weighted by Gasteiger charge is -2.05. The van der Waals surface area contributed by atoms with Gasteiger partial charge in [0.1, 0.15) is 0 Å². The average Bonchev–Trinajstić information content (AvgIpc) is 2.28. The maximum atomic E-state index is 11.6. The maximum Gasteiger partial charge on any atom is 0.251 e. The average molecular weight is 301 g/mol. The predicted molar refractivity (Wildman–Crippen MR) is 69.6 cm³/mol. The molecule has 0 radical (unpaired) electrons. The third-order valence-electron chi connectivity index (χ3n) is 1.97. The molecule has 0 heterocycles. The number of halogens is 2. The molecule has 2 nitrogen and oxygen atoms in total. The Kier molecular flexibility index (Phi) is 5.37. The van der Waals surface area contributed by atoms with Gasteiger partial charge < -0.3 is 5.32 Å². The smallest absolute Gasteiger partial charge is 0.251 e. The van der Waals surface area contributed by atoms with Gasteiger partial charge in [0.15, 0.2) is 0 Å². The monoisotopic (exact) mass is 299 g/mol. The molecule has 1 rings (SSSR count). The Labute approximate surface area is 109 Å². The first kappa shape index (κ1) is 13.1. The Bertz CT molecular complexity index is 426. The SMILES string of the molecule is C#CCCCNC(=O)c1ccc(Cl)c(Br)c1. The summed E-state index contributed by atoms with van der Waals surface area (Å²) >= 11 is 9.10. The number of terminal acetylenes is 1. The molecule has 1 N–H and O–H groups in total. The Morgan fingerprint density at radius 2 is 2.31 bits per heavy atom. The van der Waals surface area contributed by atoms with Crippen LogP contribution in [-0.2, 0) is 0 Å². The van der Waals surface area contributed by atoms with Crippen molar-refractivity contribution in [3.05, 3.63) is 33.3 Å². The van der Waals surface area contributed by atoms with Crippen molar-refractivity contribution in [1.82, 2.24) is 5.32 Å². The van der Waals surface area contributed by atoms with E-state index >= 15 is 0 Å². The zero-order chi connectivity index (χ0) is 12.0. The first-order valence-electron chi connectivity index (χ1n) is 4.82. The molecule has 0 spiro atoms. The van der Waals surface area contributed by atoms with Crippen molar-refractivity contribution >= 4 is 33.4 Å². The topological polar surface area (TPSA) is 29.1 Å². The van der Waals surface area contributed by atoms with Gasteiger partial charge in [0, 0.05) is 23.0 Å². The molecule has 0 aliphatic heterocycles. The number of carbonyl (C=O) groups is 1. The third kappa shape index (κ3) is 3.88. The van der Waals surface area contributed by atoms with E-state index < -0.39 is 0 Å². The van der Waals surface area contributed by atoms with Crippen LogP contribution in [0.5, 0.6) is 0 Å². The lowest BCUT2D eigenvalue weighted by atomic mass is 10.2. The fourth-order valence-corrected chi connectivity index (χ4v) is 1.63. The summed E-state index contributed by atoms with van der Waals surface area (Å²) in [6.45, 7) is 0.587. The van der Waals surface area contributed by atoms with Crippen molar-refractivity contribution in [3.63, 3.8) is 0 Å². The second-order valence-electron chi connectivity index (χ2n) is 3.19. The molecule has 1 aromatic rings. The molecule has 16 heavy (non-hydrogen) atoms. The van der Waals surface area contributed by atoms with Crippen molar-refractivity contribution < 1.29 is 4.79 Å². The summed E-state index contributed by atoms with van der Waals surface area (Å²) in [5.41, 5.74) is 0.581. The minimum absolute atomic E-state index is 0.116. The van der Waals surface area contributed by atoms with Gasteiger partial charge in [-0.3, -0.25) is 4.79 Å². The predicted octanol–water partition coefficient (Wildman–Crippen LogP) is 3.25. The number of rotatable bonds is 4. The van der Waals surface area contributed by atoms with Gasteiger partial charge >= 0.3 is 0 Å². The summed E-state index contributed by atoms with van der Waals surface area (Å²) in [4.78, 5) is 11.6. The summed E-state index contributed by atoms with van der Waals surface area (Å²) in [6, 6.07) is 5.06. The lowest BCUT2D eigenvalue weighted by Crippen LogP contribution is -2.24. The van der Waals surface area contributed by atoms with E-state index in [1.165, 1.54) is 0 Å². The molecule has 0 saturated carbocycles. The highest BCUT2D eigenvalue weighted by molar-refractivity contribution is 9.10. The number of nitrogens with one attached hydrogen (secondary N) is 1. The van der Waals surface area contributed by atoms with Crippen LogP contribution in [0.15, 0.2) is 22.7 Å². The van der Waals surface area contributed by atoms with Crippen LogP contribution in [0, 0.1) is 12.3 Å². The highest BCUT2D eigenvalue weighted by Gasteiger charge is 2.06. The Hall–Kier alpha value is -0.980. The number of carbonyl (C=O) groups excluding carboxylic acids is 1. The van der Waals surface area contributed by atoms with Crippen LogP contribution in [0.4, 0.5) is 0 Å². The summed E-state index contributed by atoms with van der Waals surface area (Å²) in [7, 11) is 0. The number of hydrogen-bond acceptors (Lipinski definition) is 1. The molecule has 0 bridgehead atoms. The number of benzene rings is 1. The zero-order valence-corrected chi connectivity index (χ0v) is 10.9. The van der Waals surface area contributed by atoms with E-state index in [-0.39, 0.29) is 5.91 Å². The minimum Gasteiger partial charge on any atom is -0.352 e. The van der Waals surface area contributed by atoms with Crippen LogP contribution in [0.2, 0.25) is 5.02 Å². The fraction of sp³-hybridized carbons (Fsp3) is 0.250. The van der Waals surface area contributed by atoms with Gasteiger partial charge in [0.2, 0.25) is 0 Å². The minimum atomic E-state index is -0.116. The number of unbranched alkanes of at least 4 members (excludes halogenated alkanes) is 1. The molecule has 0 aliphatic rings. The second kappa shape index (κ2) is 6.57. The van der Waals surface area contributed by atoms with Crippen LogP contribution in [0.1, 0.15) is 23.2 Å². The quantitative estimate of drug-likeness (QED) is 0.671. The van der Waals surface area contributed by atoms with Gasteiger partial charge in [-0.1, -0.05) is 11.6 Å². The highest BCUT2D eigenvalue weighted by Crippen LogP contribution is 2.23. The zero-order valence-electron chi connectivity index (χ0n) is 8.59. The molecule has 4 heteroatoms. The summed E-state index contributed by atoms with van der Waals surface area (Å²) in [5, 5.41) is 3.37. The van der Waals surface area contributed by atoms with Crippen LogP contribution in [0.3, 0.4) is 0 Å². The van der Waals surface area contributed by atoms with E-state index in [0.29, 0.717) is 28.0 Å². The van der Waals surface area contributed by atoms with E-state index in [1.807, 2.05) is 0 Å². The van der Waals surface area contributed by atoms with Crippen molar-refractivity contribution in [2.75, 3.05) is 6.54 Å². The number of amides is 1. The van der Waals surface area contributed by atoms with Gasteiger partial charge in [-0.2, -0.15) is 0 Å². The third-order valence-corrected chi connectivity index (χ3v) is 3.18. The van der Waals surface area contributed by atoms with Crippen LogP contribution in [0.25, 0.3) is 0 Å². The molecule has 0 saturated heterocycles. The molecule has 1 aromatic carbocycles. The normalized spacial score (nSPS) is 9.56. The van der Waals surface area contributed by atoms with Crippen LogP contribution in [-0.4, -0.2) is 12.5 Å². The fourth-order valence-electron chi connectivity index (χ4n) is 1.13. The molecule has 84 valence electrons. The van der Waals surface area contributed by atoms with E-state index in [9.17, 15) is 4.79 Å². The van der Waals surface area contributed by atoms with E-state index in [4.69, 9.17) is 18.0 Å². The van der Waals surface area contributed by atoms with E-state index in [2.05, 4.69) is 27.2 Å². The molecule has 0 aromatic heterocycles. The van der Waals surface area contributed by atoms with Crippen LogP contribution >= 0.6 is 27.5 Å². The molecule has 0 atom stereocenters. The molecular weight excluding hydrogens is 289 g/mol. The van der Waals surface area contributed by atoms with Crippen molar-refractivity contribution in [2.24, 2.45) is 0 Å². The van der Waals surface area contributed by atoms with Crippen molar-refractivity contribution in [1.29, 1.82) is 0 Å². The largest absolute Gasteiger partial charge is 0.352 e. The van der Waals surface area contributed by atoms with E-state index in [0.717, 1.165) is 6.42 Å². The lowest BCUT2D eigenvalue weighted by molar-refractivity contribution is 0.0953. The van der Waals surface area contributed by atoms with Gasteiger partial charge in [0.05, 0.1) is 5.02 Å². The van der Waals surface area contributed by atoms with E-state index in [1.54, 1.807) is 18.2 Å². The standard InChI is InChI=1S/C12H11BrClNO/c1-2-3-4-7-15-12(16)9-5-6-11(14)10(13)8-9/h1,5-6,8H,3-4,7H2,(H,15,16). The van der Waals surface area contributed by atoms with Gasteiger partial charge in [-0.25, -0.2) is 0 Å². The first-order chi connectivity index (χ1) is 7.65. The molecule has 0 aliphatic carbocycles. The maximum absolute atomic E-state index is 11.6. The summed E-state index contributed by atoms with van der Waals surface area (Å²) < 4.78 is 0.713. The molecule has 0 fully saturated rings. The van der Waals surface area contributed by atoms with Gasteiger partial charge in [0.25, 0.3) is 5.91 Å². The van der Waals surface area contributed by atoms with Gasteiger partial charge in [-0.15, -0.1) is 12.3 Å². The molecular formula is C12H11BrClNO. The Morgan fingerprint density at radius 1 is 1.56 bits per heavy atom.